The van der Waals surface area contributed by atoms with Crippen LogP contribution in [0.2, 0.25) is 0 Å². The van der Waals surface area contributed by atoms with Gasteiger partial charge in [0.1, 0.15) is 0 Å². The van der Waals surface area contributed by atoms with Crippen LogP contribution in [0.5, 0.6) is 0 Å². The zero-order chi connectivity index (χ0) is 22.3. The molecule has 9 heteroatoms. The number of hydrogen-bond donors (Lipinski definition) is 1. The highest BCUT2D eigenvalue weighted by Gasteiger charge is 2.42. The summed E-state index contributed by atoms with van der Waals surface area (Å²) in [6.07, 6.45) is 3.81. The molecule has 0 aromatic carbocycles. The number of piperidine rings is 2. The summed E-state index contributed by atoms with van der Waals surface area (Å²) in [4.78, 5) is 28.4. The summed E-state index contributed by atoms with van der Waals surface area (Å²) in [6.45, 7) is 1.86. The number of amides is 1. The van der Waals surface area contributed by atoms with E-state index in [1.54, 1.807) is 12.4 Å². The Balaban J connectivity index is 1.24. The molecule has 2 aliphatic heterocycles. The Hall–Kier alpha value is -2.84. The highest BCUT2D eigenvalue weighted by Crippen LogP contribution is 2.35. The topological polar surface area (TPSA) is 65.1 Å². The standard InChI is InChI=1S/C23H26F3N5O/c24-23(25,26)16-2-1-9-31(14-16)20(32)12-15-5-10-30(11-6-15)19-4-8-27-18-13-29-22-17(21(18)19)3-7-28-22/h3-4,7-8,13,15-16,27H,1-2,5-6,9-12,14H2. The quantitative estimate of drug-likeness (QED) is 0.644. The van der Waals surface area contributed by atoms with Gasteiger partial charge >= 0.3 is 6.18 Å². The third-order valence-electron chi connectivity index (χ3n) is 6.93. The van der Waals surface area contributed by atoms with Gasteiger partial charge in [0.15, 0.2) is 5.65 Å². The maximum absolute atomic E-state index is 13.1. The van der Waals surface area contributed by atoms with E-state index in [9.17, 15) is 18.0 Å². The Morgan fingerprint density at radius 1 is 1.12 bits per heavy atom. The van der Waals surface area contributed by atoms with Gasteiger partial charge in [-0.3, -0.25) is 4.79 Å². The normalized spacial score (nSPS) is 20.9. The van der Waals surface area contributed by atoms with Crippen molar-refractivity contribution in [3.8, 4) is 0 Å². The summed E-state index contributed by atoms with van der Waals surface area (Å²) in [5.74, 6) is -1.32. The fraction of sp³-hybridized carbons (Fsp3) is 0.522. The number of halogens is 3. The summed E-state index contributed by atoms with van der Waals surface area (Å²) < 4.78 is 39.2. The number of carbonyl (C=O) groups excluding carboxylic acids is 1. The Labute approximate surface area is 183 Å². The van der Waals surface area contributed by atoms with Gasteiger partial charge in [0, 0.05) is 61.5 Å². The number of pyridine rings is 2. The zero-order valence-electron chi connectivity index (χ0n) is 17.7. The molecule has 2 aliphatic rings. The zero-order valence-corrected chi connectivity index (χ0v) is 17.7. The Morgan fingerprint density at radius 3 is 2.72 bits per heavy atom. The summed E-state index contributed by atoms with van der Waals surface area (Å²) in [6, 6.07) is 4.03. The molecule has 3 aromatic heterocycles. The van der Waals surface area contributed by atoms with Gasteiger partial charge in [-0.1, -0.05) is 0 Å². The number of carbonyl (C=O) groups is 1. The molecule has 5 heterocycles. The van der Waals surface area contributed by atoms with E-state index in [1.165, 1.54) is 4.90 Å². The molecule has 170 valence electrons. The first-order valence-corrected chi connectivity index (χ1v) is 11.2. The van der Waals surface area contributed by atoms with Gasteiger partial charge in [-0.25, -0.2) is 9.97 Å². The maximum atomic E-state index is 13.1. The van der Waals surface area contributed by atoms with Gasteiger partial charge in [0.25, 0.3) is 0 Å². The molecular formula is C23H26F3N5O. The van der Waals surface area contributed by atoms with Crippen molar-refractivity contribution in [3.63, 3.8) is 0 Å². The van der Waals surface area contributed by atoms with Crippen molar-refractivity contribution >= 4 is 33.5 Å². The van der Waals surface area contributed by atoms with E-state index < -0.39 is 12.1 Å². The minimum absolute atomic E-state index is 0.121. The number of rotatable bonds is 3. The lowest BCUT2D eigenvalue weighted by molar-refractivity contribution is -0.188. The molecule has 1 unspecified atom stereocenters. The number of H-pyrrole nitrogens is 1. The monoisotopic (exact) mass is 445 g/mol. The number of nitrogens with one attached hydrogen (secondary N) is 1. The van der Waals surface area contributed by atoms with E-state index >= 15 is 0 Å². The molecule has 1 atom stereocenters. The summed E-state index contributed by atoms with van der Waals surface area (Å²) >= 11 is 0. The predicted molar refractivity (Wildman–Crippen MR) is 116 cm³/mol. The summed E-state index contributed by atoms with van der Waals surface area (Å²) in [5, 5.41) is 2.10. The van der Waals surface area contributed by atoms with Gasteiger partial charge in [-0.2, -0.15) is 13.2 Å². The second-order valence-corrected chi connectivity index (χ2v) is 8.95. The molecule has 6 nitrogen and oxygen atoms in total. The van der Waals surface area contributed by atoms with Gasteiger partial charge in [0.2, 0.25) is 5.91 Å². The average molecular weight is 445 g/mol. The first-order chi connectivity index (χ1) is 15.4. The van der Waals surface area contributed by atoms with Crippen molar-refractivity contribution in [1.82, 2.24) is 19.9 Å². The van der Waals surface area contributed by atoms with E-state index in [2.05, 4.69) is 25.9 Å². The van der Waals surface area contributed by atoms with Crippen molar-refractivity contribution < 1.29 is 18.0 Å². The molecule has 0 bridgehead atoms. The van der Waals surface area contributed by atoms with Gasteiger partial charge < -0.3 is 14.8 Å². The van der Waals surface area contributed by atoms with Crippen LogP contribution < -0.4 is 4.90 Å². The number of aromatic nitrogens is 3. The first-order valence-electron chi connectivity index (χ1n) is 11.2. The second-order valence-electron chi connectivity index (χ2n) is 8.95. The third-order valence-corrected chi connectivity index (χ3v) is 6.93. The predicted octanol–water partition coefficient (Wildman–Crippen LogP) is 4.52. The number of likely N-dealkylation sites (tertiary alicyclic amines) is 1. The van der Waals surface area contributed by atoms with Crippen LogP contribution in [0.1, 0.15) is 32.1 Å². The number of hydrogen-bond acceptors (Lipinski definition) is 4. The number of aromatic amines is 1. The smallest absolute Gasteiger partial charge is 0.371 e. The van der Waals surface area contributed by atoms with Crippen LogP contribution in [-0.2, 0) is 4.79 Å². The average Bonchev–Trinajstić information content (AvgIpc) is 3.28. The van der Waals surface area contributed by atoms with Crippen molar-refractivity contribution in [3.05, 3.63) is 30.7 Å². The highest BCUT2D eigenvalue weighted by molar-refractivity contribution is 6.09. The molecule has 3 aromatic rings. The van der Waals surface area contributed by atoms with Crippen LogP contribution in [0.25, 0.3) is 21.9 Å². The molecular weight excluding hydrogens is 419 g/mol. The summed E-state index contributed by atoms with van der Waals surface area (Å²) in [7, 11) is 0. The van der Waals surface area contributed by atoms with E-state index in [1.807, 2.05) is 12.3 Å². The molecule has 32 heavy (non-hydrogen) atoms. The number of anilines is 1. The molecule has 2 saturated heterocycles. The van der Waals surface area contributed by atoms with Gasteiger partial charge in [-0.15, -0.1) is 0 Å². The van der Waals surface area contributed by atoms with Crippen LogP contribution in [0.4, 0.5) is 18.9 Å². The molecule has 5 rings (SSSR count). The van der Waals surface area contributed by atoms with Crippen LogP contribution >= 0.6 is 0 Å². The number of alkyl halides is 3. The Kier molecular flexibility index (Phi) is 5.43. The van der Waals surface area contributed by atoms with Crippen LogP contribution in [0.15, 0.2) is 30.7 Å². The Morgan fingerprint density at radius 2 is 1.94 bits per heavy atom. The lowest BCUT2D eigenvalue weighted by Gasteiger charge is -2.37. The summed E-state index contributed by atoms with van der Waals surface area (Å²) in [5.41, 5.74) is 2.79. The fourth-order valence-electron chi connectivity index (χ4n) is 5.13. The second kappa shape index (κ2) is 8.26. The molecule has 0 aliphatic carbocycles. The fourth-order valence-corrected chi connectivity index (χ4v) is 5.13. The van der Waals surface area contributed by atoms with Gasteiger partial charge in [-0.05, 0) is 43.7 Å². The van der Waals surface area contributed by atoms with Crippen molar-refractivity contribution in [2.45, 2.75) is 38.3 Å². The van der Waals surface area contributed by atoms with Gasteiger partial charge in [0.05, 0.1) is 17.6 Å². The van der Waals surface area contributed by atoms with Crippen LogP contribution in [0.3, 0.4) is 0 Å². The molecule has 0 spiro atoms. The molecule has 1 amide bonds. The lowest BCUT2D eigenvalue weighted by atomic mass is 9.91. The van der Waals surface area contributed by atoms with Crippen LogP contribution in [0, 0.1) is 11.8 Å². The minimum Gasteiger partial charge on any atom is -0.371 e. The SMILES string of the molecule is O=C(CC1CCN(c2cc[nH]c3cnc4nccc4c23)CC1)N1CCCC(C(F)(F)F)C1. The Bertz CT molecular complexity index is 1120. The highest BCUT2D eigenvalue weighted by atomic mass is 19.4. The van der Waals surface area contributed by atoms with Crippen molar-refractivity contribution in [1.29, 1.82) is 0 Å². The number of fused-ring (bicyclic) bond motifs is 3. The lowest BCUT2D eigenvalue weighted by Crippen LogP contribution is -2.45. The minimum atomic E-state index is -4.22. The van der Waals surface area contributed by atoms with Crippen molar-refractivity contribution in [2.24, 2.45) is 11.8 Å². The van der Waals surface area contributed by atoms with E-state index in [-0.39, 0.29) is 24.8 Å². The first kappa shape index (κ1) is 21.0. The third kappa shape index (κ3) is 4.00. The molecule has 2 fully saturated rings. The molecule has 1 N–H and O–H groups in total. The van der Waals surface area contributed by atoms with Crippen LogP contribution in [-0.4, -0.2) is 58.1 Å². The van der Waals surface area contributed by atoms with E-state index in [0.717, 1.165) is 53.6 Å². The van der Waals surface area contributed by atoms with Crippen molar-refractivity contribution in [2.75, 3.05) is 31.1 Å². The molecule has 0 radical (unpaired) electrons. The van der Waals surface area contributed by atoms with E-state index in [4.69, 9.17) is 0 Å². The van der Waals surface area contributed by atoms with E-state index in [0.29, 0.717) is 19.4 Å². The number of nitrogens with zero attached hydrogens (tertiary/aromatic N) is 4. The molecule has 0 saturated carbocycles. The maximum Gasteiger partial charge on any atom is 0.393 e. The largest absolute Gasteiger partial charge is 0.393 e.